The number of aryl methyl sites for hydroxylation is 2. The maximum absolute atomic E-state index is 13.9. The van der Waals surface area contributed by atoms with Gasteiger partial charge in [0, 0.05) is 5.56 Å². The van der Waals surface area contributed by atoms with E-state index in [1.807, 2.05) is 38.1 Å². The van der Waals surface area contributed by atoms with E-state index in [-0.39, 0.29) is 18.0 Å². The van der Waals surface area contributed by atoms with Gasteiger partial charge in [-0.3, -0.25) is 0 Å². The smallest absolute Gasteiger partial charge is 0.355 e. The Morgan fingerprint density at radius 3 is 2.30 bits per heavy atom. The zero-order valence-corrected chi connectivity index (χ0v) is 19.7. The molecule has 170 valence electrons. The Labute approximate surface area is 194 Å². The molecule has 0 N–H and O–H groups in total. The first-order valence-electron chi connectivity index (χ1n) is 10.8. The standard InChI is InChI=1S/C26H26N2O4S/c1-4-32-25(29)26(22-11-6-5-7-12-22)27-24(21-10-8-9-20(3)17-21)18-28(26)33(30,31)23-15-13-19(2)14-16-23/h5-17H,4,18H2,1-3H3. The van der Waals surface area contributed by atoms with Crippen LogP contribution in [0.25, 0.3) is 0 Å². The highest BCUT2D eigenvalue weighted by Gasteiger charge is 2.56. The van der Waals surface area contributed by atoms with Gasteiger partial charge in [0.05, 0.1) is 23.8 Å². The van der Waals surface area contributed by atoms with Gasteiger partial charge in [0.25, 0.3) is 5.66 Å². The van der Waals surface area contributed by atoms with Crippen LogP contribution in [0.2, 0.25) is 0 Å². The second-order valence-electron chi connectivity index (χ2n) is 8.01. The molecule has 1 aliphatic heterocycles. The topological polar surface area (TPSA) is 76.0 Å². The van der Waals surface area contributed by atoms with E-state index in [1.165, 1.54) is 0 Å². The van der Waals surface area contributed by atoms with Gasteiger partial charge in [0.2, 0.25) is 10.0 Å². The first-order valence-corrected chi connectivity index (χ1v) is 12.2. The molecule has 0 amide bonds. The molecule has 33 heavy (non-hydrogen) atoms. The quantitative estimate of drug-likeness (QED) is 0.514. The lowest BCUT2D eigenvalue weighted by Gasteiger charge is -2.33. The van der Waals surface area contributed by atoms with E-state index in [2.05, 4.69) is 0 Å². The van der Waals surface area contributed by atoms with Crippen molar-refractivity contribution >= 4 is 21.7 Å². The fourth-order valence-corrected chi connectivity index (χ4v) is 5.59. The zero-order valence-electron chi connectivity index (χ0n) is 18.9. The van der Waals surface area contributed by atoms with E-state index in [1.54, 1.807) is 61.5 Å². The van der Waals surface area contributed by atoms with Crippen molar-refractivity contribution in [3.05, 3.63) is 101 Å². The molecular formula is C26H26N2O4S. The van der Waals surface area contributed by atoms with Crippen molar-refractivity contribution in [3.8, 4) is 0 Å². The summed E-state index contributed by atoms with van der Waals surface area (Å²) >= 11 is 0. The van der Waals surface area contributed by atoms with E-state index in [0.29, 0.717) is 11.3 Å². The third-order valence-corrected chi connectivity index (χ3v) is 7.49. The lowest BCUT2D eigenvalue weighted by molar-refractivity contribution is -0.154. The van der Waals surface area contributed by atoms with Crippen LogP contribution in [0.3, 0.4) is 0 Å². The van der Waals surface area contributed by atoms with E-state index in [9.17, 15) is 13.2 Å². The molecular weight excluding hydrogens is 436 g/mol. The zero-order chi connectivity index (χ0) is 23.6. The lowest BCUT2D eigenvalue weighted by atomic mass is 10.0. The van der Waals surface area contributed by atoms with Gasteiger partial charge in [-0.05, 0) is 38.5 Å². The van der Waals surface area contributed by atoms with Crippen molar-refractivity contribution < 1.29 is 17.9 Å². The molecule has 0 bridgehead atoms. The van der Waals surface area contributed by atoms with Crippen LogP contribution in [0.1, 0.15) is 29.2 Å². The number of carbonyl (C=O) groups excluding carboxylic acids is 1. The summed E-state index contributed by atoms with van der Waals surface area (Å²) in [5.74, 6) is -0.727. The minimum absolute atomic E-state index is 0.0621. The van der Waals surface area contributed by atoms with Gasteiger partial charge in [0.15, 0.2) is 0 Å². The molecule has 7 heteroatoms. The second-order valence-corrected chi connectivity index (χ2v) is 9.87. The molecule has 1 heterocycles. The molecule has 0 radical (unpaired) electrons. The largest absolute Gasteiger partial charge is 0.463 e. The molecule has 4 rings (SSSR count). The number of esters is 1. The summed E-state index contributed by atoms with van der Waals surface area (Å²) in [7, 11) is -4.11. The average molecular weight is 463 g/mol. The number of ether oxygens (including phenoxy) is 1. The number of hydrogen-bond donors (Lipinski definition) is 0. The van der Waals surface area contributed by atoms with E-state index in [0.717, 1.165) is 21.0 Å². The summed E-state index contributed by atoms with van der Waals surface area (Å²) in [6.45, 7) is 5.57. The number of hydrogen-bond acceptors (Lipinski definition) is 5. The third-order valence-electron chi connectivity index (χ3n) is 5.65. The van der Waals surface area contributed by atoms with Gasteiger partial charge in [-0.1, -0.05) is 77.9 Å². The van der Waals surface area contributed by atoms with Gasteiger partial charge in [-0.15, -0.1) is 0 Å². The molecule has 0 saturated carbocycles. The van der Waals surface area contributed by atoms with Crippen molar-refractivity contribution in [2.24, 2.45) is 4.99 Å². The van der Waals surface area contributed by atoms with Crippen molar-refractivity contribution in [2.45, 2.75) is 31.3 Å². The molecule has 1 atom stereocenters. The predicted molar refractivity (Wildman–Crippen MR) is 128 cm³/mol. The fourth-order valence-electron chi connectivity index (χ4n) is 3.99. The molecule has 0 aliphatic carbocycles. The summed E-state index contributed by atoms with van der Waals surface area (Å²) < 4.78 is 34.4. The lowest BCUT2D eigenvalue weighted by Crippen LogP contribution is -2.51. The summed E-state index contributed by atoms with van der Waals surface area (Å²) in [4.78, 5) is 18.4. The molecule has 0 saturated heterocycles. The SMILES string of the molecule is CCOC(=O)C1(c2ccccc2)N=C(c2cccc(C)c2)CN1S(=O)(=O)c1ccc(C)cc1. The normalized spacial score (nSPS) is 18.7. The molecule has 6 nitrogen and oxygen atoms in total. The van der Waals surface area contributed by atoms with Gasteiger partial charge in [0.1, 0.15) is 0 Å². The van der Waals surface area contributed by atoms with Crippen molar-refractivity contribution in [1.82, 2.24) is 4.31 Å². The Bertz CT molecular complexity index is 1300. The summed E-state index contributed by atoms with van der Waals surface area (Å²) in [6.07, 6.45) is 0. The van der Waals surface area contributed by atoms with Crippen LogP contribution in [0.5, 0.6) is 0 Å². The van der Waals surface area contributed by atoms with Gasteiger partial charge < -0.3 is 4.74 Å². The molecule has 3 aromatic rings. The summed E-state index contributed by atoms with van der Waals surface area (Å²) in [6, 6.07) is 23.0. The number of rotatable bonds is 6. The Morgan fingerprint density at radius 1 is 0.970 bits per heavy atom. The van der Waals surface area contributed by atoms with E-state index >= 15 is 0 Å². The molecule has 0 spiro atoms. The highest BCUT2D eigenvalue weighted by atomic mass is 32.2. The first kappa shape index (κ1) is 22.9. The third kappa shape index (κ3) is 4.10. The summed E-state index contributed by atoms with van der Waals surface area (Å²) in [5.41, 5.74) is 1.79. The number of aliphatic imine (C=N–C) groups is 1. The molecule has 1 aliphatic rings. The van der Waals surface area contributed by atoms with E-state index < -0.39 is 21.7 Å². The number of sulfonamides is 1. The van der Waals surface area contributed by atoms with Gasteiger partial charge in [-0.25, -0.2) is 18.2 Å². The molecule has 3 aromatic carbocycles. The maximum atomic E-state index is 13.9. The monoisotopic (exact) mass is 462 g/mol. The number of carbonyl (C=O) groups is 1. The van der Waals surface area contributed by atoms with Crippen molar-refractivity contribution in [1.29, 1.82) is 0 Å². The fraction of sp³-hybridized carbons (Fsp3) is 0.231. The van der Waals surface area contributed by atoms with Gasteiger partial charge >= 0.3 is 5.97 Å². The average Bonchev–Trinajstić information content (AvgIpc) is 3.23. The maximum Gasteiger partial charge on any atom is 0.355 e. The van der Waals surface area contributed by atoms with Crippen molar-refractivity contribution in [3.63, 3.8) is 0 Å². The van der Waals surface area contributed by atoms with Crippen LogP contribution in [0.15, 0.2) is 88.8 Å². The van der Waals surface area contributed by atoms with Crippen LogP contribution < -0.4 is 0 Å². The molecule has 0 fully saturated rings. The Hall–Kier alpha value is -3.29. The Morgan fingerprint density at radius 2 is 1.67 bits per heavy atom. The van der Waals surface area contributed by atoms with Crippen LogP contribution in [-0.2, 0) is 25.2 Å². The summed E-state index contributed by atoms with van der Waals surface area (Å²) in [5, 5.41) is 0. The Kier molecular flexibility index (Phi) is 6.19. The second kappa shape index (κ2) is 8.92. The minimum Gasteiger partial charge on any atom is -0.463 e. The van der Waals surface area contributed by atoms with Crippen LogP contribution in [0, 0.1) is 13.8 Å². The minimum atomic E-state index is -4.11. The molecule has 0 aromatic heterocycles. The first-order chi connectivity index (χ1) is 15.8. The van der Waals surface area contributed by atoms with Crippen LogP contribution >= 0.6 is 0 Å². The van der Waals surface area contributed by atoms with Crippen LogP contribution in [-0.4, -0.2) is 37.6 Å². The van der Waals surface area contributed by atoms with E-state index in [4.69, 9.17) is 9.73 Å². The Balaban J connectivity index is 1.97. The predicted octanol–water partition coefficient (Wildman–Crippen LogP) is 4.21. The highest BCUT2D eigenvalue weighted by molar-refractivity contribution is 7.89. The van der Waals surface area contributed by atoms with Crippen molar-refractivity contribution in [2.75, 3.05) is 13.2 Å². The number of benzene rings is 3. The van der Waals surface area contributed by atoms with Gasteiger partial charge in [-0.2, -0.15) is 4.31 Å². The molecule has 1 unspecified atom stereocenters. The highest BCUT2D eigenvalue weighted by Crippen LogP contribution is 2.41. The van der Waals surface area contributed by atoms with Crippen LogP contribution in [0.4, 0.5) is 0 Å². The number of nitrogens with zero attached hydrogens (tertiary/aromatic N) is 2.